The molecule has 1 aromatic heterocycles. The maximum Gasteiger partial charge on any atom is 0.339 e. The van der Waals surface area contributed by atoms with Gasteiger partial charge in [0.25, 0.3) is 5.91 Å². The molecule has 0 unspecified atom stereocenters. The molecule has 5 rings (SSSR count). The van der Waals surface area contributed by atoms with Crippen molar-refractivity contribution in [3.8, 4) is 0 Å². The fourth-order valence-corrected chi connectivity index (χ4v) is 5.70. The minimum Gasteiger partial charge on any atom is -0.450 e. The Hall–Kier alpha value is -2.64. The van der Waals surface area contributed by atoms with E-state index >= 15 is 0 Å². The highest BCUT2D eigenvalue weighted by atomic mass is 35.5. The van der Waals surface area contributed by atoms with Crippen LogP contribution in [0.4, 0.5) is 0 Å². The Morgan fingerprint density at radius 2 is 1.97 bits per heavy atom. The summed E-state index contributed by atoms with van der Waals surface area (Å²) < 4.78 is 5.83. The monoisotopic (exact) mass is 453 g/mol. The van der Waals surface area contributed by atoms with E-state index in [2.05, 4.69) is 14.9 Å². The predicted octanol–water partition coefficient (Wildman–Crippen LogP) is 4.65. The van der Waals surface area contributed by atoms with Gasteiger partial charge in [0.2, 0.25) is 0 Å². The number of carbonyl (C=O) groups is 2. The number of likely N-dealkylation sites (tertiary alicyclic amines) is 1. The number of hydrogen-bond donors (Lipinski definition) is 0. The van der Waals surface area contributed by atoms with E-state index in [0.717, 1.165) is 16.7 Å². The number of esters is 1. The minimum atomic E-state index is -0.569. The number of hydrogen-bond acceptors (Lipinski definition) is 6. The minimum absolute atomic E-state index is 0.218. The number of aliphatic imine (C=N–C) groups is 1. The molecule has 3 aliphatic heterocycles. The van der Waals surface area contributed by atoms with Crippen molar-refractivity contribution < 1.29 is 14.3 Å². The third-order valence-electron chi connectivity index (χ3n) is 6.06. The van der Waals surface area contributed by atoms with Gasteiger partial charge in [-0.1, -0.05) is 42.8 Å². The van der Waals surface area contributed by atoms with Gasteiger partial charge in [-0.05, 0) is 41.5 Å². The lowest BCUT2D eigenvalue weighted by Gasteiger charge is -2.39. The first-order valence-corrected chi connectivity index (χ1v) is 11.4. The van der Waals surface area contributed by atoms with Gasteiger partial charge in [0.05, 0.1) is 10.5 Å². The summed E-state index contributed by atoms with van der Waals surface area (Å²) in [6.45, 7) is 3.34. The summed E-state index contributed by atoms with van der Waals surface area (Å²) in [5.41, 5.74) is 2.87. The number of fused-ring (bicyclic) bond motifs is 2. The molecule has 0 atom stereocenters. The van der Waals surface area contributed by atoms with E-state index in [1.165, 1.54) is 11.8 Å². The standard InChI is InChI=1S/C23H20ClN3O3S/c1-2-15(14-7-8-18(24)25-13-14)19-20(28)26-22(31-19)27-11-9-23(10-12-27)17-6-4-3-5-16(17)21(29)30-23/h3-8,13H,2,9-12H2,1H3. The van der Waals surface area contributed by atoms with Crippen LogP contribution in [-0.4, -0.2) is 40.0 Å². The van der Waals surface area contributed by atoms with Crippen molar-refractivity contribution in [1.82, 2.24) is 9.88 Å². The van der Waals surface area contributed by atoms with Crippen LogP contribution in [0.25, 0.3) is 5.57 Å². The van der Waals surface area contributed by atoms with Crippen molar-refractivity contribution in [2.24, 2.45) is 4.99 Å². The largest absolute Gasteiger partial charge is 0.450 e. The van der Waals surface area contributed by atoms with Crippen LogP contribution in [0.2, 0.25) is 5.15 Å². The quantitative estimate of drug-likeness (QED) is 0.374. The second-order valence-electron chi connectivity index (χ2n) is 7.75. The number of carbonyl (C=O) groups excluding carboxylic acids is 2. The summed E-state index contributed by atoms with van der Waals surface area (Å²) in [5, 5.41) is 1.13. The molecule has 6 nitrogen and oxygen atoms in total. The highest BCUT2D eigenvalue weighted by Gasteiger charge is 2.48. The molecule has 1 fully saturated rings. The number of thioether (sulfide) groups is 1. The lowest BCUT2D eigenvalue weighted by molar-refractivity contribution is -0.113. The van der Waals surface area contributed by atoms with Crippen molar-refractivity contribution in [3.63, 3.8) is 0 Å². The van der Waals surface area contributed by atoms with Gasteiger partial charge in [-0.2, -0.15) is 4.99 Å². The maximum absolute atomic E-state index is 12.7. The number of benzene rings is 1. The molecule has 0 radical (unpaired) electrons. The van der Waals surface area contributed by atoms with Crippen molar-refractivity contribution in [3.05, 3.63) is 69.3 Å². The molecule has 0 bridgehead atoms. The van der Waals surface area contributed by atoms with E-state index in [1.54, 1.807) is 12.3 Å². The topological polar surface area (TPSA) is 71.9 Å². The number of nitrogens with zero attached hydrogens (tertiary/aromatic N) is 3. The normalized spacial score (nSPS) is 21.2. The fourth-order valence-electron chi connectivity index (χ4n) is 4.45. The first-order valence-electron chi connectivity index (χ1n) is 10.2. The van der Waals surface area contributed by atoms with Crippen molar-refractivity contribution in [1.29, 1.82) is 0 Å². The maximum atomic E-state index is 12.7. The van der Waals surface area contributed by atoms with Gasteiger partial charge in [-0.15, -0.1) is 0 Å². The van der Waals surface area contributed by atoms with E-state index in [-0.39, 0.29) is 11.9 Å². The smallest absolute Gasteiger partial charge is 0.339 e. The molecule has 0 N–H and O–H groups in total. The van der Waals surface area contributed by atoms with Gasteiger partial charge in [0.1, 0.15) is 10.8 Å². The average molecular weight is 454 g/mol. The van der Waals surface area contributed by atoms with Crippen LogP contribution in [0.5, 0.6) is 0 Å². The van der Waals surface area contributed by atoms with Crippen LogP contribution in [0.15, 0.2) is 52.5 Å². The molecular weight excluding hydrogens is 434 g/mol. The summed E-state index contributed by atoms with van der Waals surface area (Å²) in [7, 11) is 0. The van der Waals surface area contributed by atoms with Crippen molar-refractivity contribution in [2.75, 3.05) is 13.1 Å². The highest BCUT2D eigenvalue weighted by molar-refractivity contribution is 8.18. The second kappa shape index (κ2) is 7.80. The van der Waals surface area contributed by atoms with Crippen LogP contribution >= 0.6 is 23.4 Å². The molecular formula is C23H20ClN3O3S. The number of ether oxygens (including phenoxy) is 1. The number of piperidine rings is 1. The van der Waals surface area contributed by atoms with E-state index in [9.17, 15) is 9.59 Å². The Morgan fingerprint density at radius 1 is 1.19 bits per heavy atom. The number of allylic oxidation sites excluding steroid dienone is 1. The molecule has 0 aliphatic carbocycles. The van der Waals surface area contributed by atoms with E-state index < -0.39 is 5.60 Å². The first kappa shape index (κ1) is 20.3. The zero-order chi connectivity index (χ0) is 21.6. The number of rotatable bonds is 2. The van der Waals surface area contributed by atoms with Gasteiger partial charge in [0, 0.05) is 37.7 Å². The number of aromatic nitrogens is 1. The molecule has 1 amide bonds. The second-order valence-corrected chi connectivity index (χ2v) is 9.11. The van der Waals surface area contributed by atoms with Crippen LogP contribution in [0.1, 0.15) is 47.7 Å². The molecule has 4 heterocycles. The van der Waals surface area contributed by atoms with E-state index in [1.807, 2.05) is 37.3 Å². The van der Waals surface area contributed by atoms with E-state index in [4.69, 9.17) is 16.3 Å². The summed E-state index contributed by atoms with van der Waals surface area (Å²) in [6.07, 6.45) is 3.72. The fraction of sp³-hybridized carbons (Fsp3) is 0.304. The number of pyridine rings is 1. The molecule has 1 spiro atoms. The Balaban J connectivity index is 1.34. The lowest BCUT2D eigenvalue weighted by atomic mass is 9.84. The zero-order valence-corrected chi connectivity index (χ0v) is 18.5. The zero-order valence-electron chi connectivity index (χ0n) is 16.9. The summed E-state index contributed by atoms with van der Waals surface area (Å²) in [4.78, 5) is 36.2. The summed E-state index contributed by atoms with van der Waals surface area (Å²) >= 11 is 7.32. The third kappa shape index (κ3) is 3.46. The van der Waals surface area contributed by atoms with E-state index in [0.29, 0.717) is 53.1 Å². The molecule has 0 saturated carbocycles. The van der Waals surface area contributed by atoms with Crippen molar-refractivity contribution in [2.45, 2.75) is 31.8 Å². The molecule has 2 aromatic rings. The van der Waals surface area contributed by atoms with Gasteiger partial charge < -0.3 is 9.64 Å². The summed E-state index contributed by atoms with van der Waals surface area (Å²) in [6, 6.07) is 11.2. The SMILES string of the molecule is CCC(=C1SC(N2CCC3(CC2)OC(=O)c2ccccc23)=NC1=O)c1ccc(Cl)nc1. The Labute approximate surface area is 189 Å². The molecule has 8 heteroatoms. The first-order chi connectivity index (χ1) is 15.0. The molecule has 3 aliphatic rings. The van der Waals surface area contributed by atoms with Gasteiger partial charge in [-0.3, -0.25) is 4.79 Å². The summed E-state index contributed by atoms with van der Waals surface area (Å²) in [5.74, 6) is -0.467. The number of halogens is 1. The molecule has 1 aromatic carbocycles. The molecule has 31 heavy (non-hydrogen) atoms. The third-order valence-corrected chi connectivity index (χ3v) is 7.44. The highest BCUT2D eigenvalue weighted by Crippen LogP contribution is 2.45. The van der Waals surface area contributed by atoms with Crippen LogP contribution in [0.3, 0.4) is 0 Å². The molecule has 158 valence electrons. The Morgan fingerprint density at radius 3 is 2.68 bits per heavy atom. The van der Waals surface area contributed by atoms with Crippen LogP contribution in [-0.2, 0) is 15.1 Å². The van der Waals surface area contributed by atoms with Gasteiger partial charge >= 0.3 is 5.97 Å². The lowest BCUT2D eigenvalue weighted by Crippen LogP contribution is -2.44. The van der Waals surface area contributed by atoms with Gasteiger partial charge in [-0.25, -0.2) is 9.78 Å². The number of amides is 1. The Bertz CT molecular complexity index is 1140. The van der Waals surface area contributed by atoms with Crippen LogP contribution < -0.4 is 0 Å². The number of amidine groups is 1. The van der Waals surface area contributed by atoms with Gasteiger partial charge in [0.15, 0.2) is 5.17 Å². The molecule has 1 saturated heterocycles. The predicted molar refractivity (Wildman–Crippen MR) is 121 cm³/mol. The average Bonchev–Trinajstić information content (AvgIpc) is 3.29. The Kier molecular flexibility index (Phi) is 5.10. The van der Waals surface area contributed by atoms with Crippen LogP contribution in [0, 0.1) is 0 Å². The van der Waals surface area contributed by atoms with Crippen molar-refractivity contribution >= 4 is 46.0 Å².